The van der Waals surface area contributed by atoms with Crippen molar-refractivity contribution in [2.45, 2.75) is 6.92 Å². The molecule has 178 valence electrons. The minimum Gasteiger partial charge on any atom is -0.493 e. The van der Waals surface area contributed by atoms with Crippen LogP contribution in [0.3, 0.4) is 0 Å². The molecule has 0 atom stereocenters. The zero-order chi connectivity index (χ0) is 25.1. The Balaban J connectivity index is 1.36. The van der Waals surface area contributed by atoms with Crippen LogP contribution in [0.15, 0.2) is 94.8 Å². The number of aryl methyl sites for hydroxylation is 1. The Morgan fingerprint density at radius 1 is 0.944 bits per heavy atom. The predicted octanol–water partition coefficient (Wildman–Crippen LogP) is 6.27. The number of benzene rings is 4. The van der Waals surface area contributed by atoms with Crippen molar-refractivity contribution in [3.05, 3.63) is 107 Å². The number of hydrogen-bond donors (Lipinski definition) is 1. The number of amidine groups is 1. The molecule has 36 heavy (non-hydrogen) atoms. The van der Waals surface area contributed by atoms with Gasteiger partial charge in [0.25, 0.3) is 5.91 Å². The topological polar surface area (TPSA) is 77.0 Å². The van der Waals surface area contributed by atoms with E-state index in [2.05, 4.69) is 10.3 Å². The van der Waals surface area contributed by atoms with Crippen molar-refractivity contribution in [2.24, 2.45) is 4.99 Å². The zero-order valence-electron chi connectivity index (χ0n) is 19.6. The maximum absolute atomic E-state index is 12.9. The van der Waals surface area contributed by atoms with Crippen molar-refractivity contribution in [3.8, 4) is 11.5 Å². The van der Waals surface area contributed by atoms with Crippen LogP contribution >= 0.6 is 11.8 Å². The van der Waals surface area contributed by atoms with Gasteiger partial charge in [-0.3, -0.25) is 4.79 Å². The summed E-state index contributed by atoms with van der Waals surface area (Å²) in [5.74, 6) is -0.0206. The lowest BCUT2D eigenvalue weighted by Crippen LogP contribution is -2.19. The third kappa shape index (κ3) is 5.01. The lowest BCUT2D eigenvalue weighted by Gasteiger charge is -2.11. The summed E-state index contributed by atoms with van der Waals surface area (Å²) in [6, 6.07) is 26.1. The first-order chi connectivity index (χ1) is 17.5. The summed E-state index contributed by atoms with van der Waals surface area (Å²) in [4.78, 5) is 30.4. The van der Waals surface area contributed by atoms with Crippen molar-refractivity contribution in [2.75, 3.05) is 7.11 Å². The van der Waals surface area contributed by atoms with Gasteiger partial charge in [-0.25, -0.2) is 9.79 Å². The number of ether oxygens (including phenoxy) is 2. The maximum Gasteiger partial charge on any atom is 0.344 e. The molecular formula is C29H22N2O4S. The van der Waals surface area contributed by atoms with Gasteiger partial charge in [0, 0.05) is 0 Å². The second kappa shape index (κ2) is 10.1. The van der Waals surface area contributed by atoms with E-state index in [0.29, 0.717) is 27.1 Å². The number of amides is 1. The Bertz CT molecular complexity index is 1540. The highest BCUT2D eigenvalue weighted by atomic mass is 32.2. The van der Waals surface area contributed by atoms with Gasteiger partial charge in [0.15, 0.2) is 16.7 Å². The number of carbonyl (C=O) groups excluding carboxylic acids is 2. The largest absolute Gasteiger partial charge is 0.493 e. The molecule has 0 saturated carbocycles. The molecule has 0 radical (unpaired) electrons. The number of thioether (sulfide) groups is 1. The smallest absolute Gasteiger partial charge is 0.344 e. The first kappa shape index (κ1) is 23.4. The molecule has 1 saturated heterocycles. The Labute approximate surface area is 212 Å². The third-order valence-corrected chi connectivity index (χ3v) is 6.52. The van der Waals surface area contributed by atoms with E-state index in [1.54, 1.807) is 30.3 Å². The molecule has 1 amide bonds. The summed E-state index contributed by atoms with van der Waals surface area (Å²) in [6.07, 6.45) is 1.75. The van der Waals surface area contributed by atoms with E-state index in [1.807, 2.05) is 67.6 Å². The first-order valence-electron chi connectivity index (χ1n) is 11.2. The molecule has 0 aliphatic carbocycles. The maximum atomic E-state index is 12.9. The van der Waals surface area contributed by atoms with Crippen LogP contribution in [0.2, 0.25) is 0 Å². The van der Waals surface area contributed by atoms with E-state index in [0.717, 1.165) is 27.6 Å². The molecular weight excluding hydrogens is 472 g/mol. The van der Waals surface area contributed by atoms with E-state index in [9.17, 15) is 9.59 Å². The lowest BCUT2D eigenvalue weighted by molar-refractivity contribution is -0.115. The summed E-state index contributed by atoms with van der Waals surface area (Å²) in [6.45, 7) is 2.01. The van der Waals surface area contributed by atoms with Gasteiger partial charge in [-0.1, -0.05) is 60.2 Å². The summed E-state index contributed by atoms with van der Waals surface area (Å²) < 4.78 is 11.2. The average Bonchev–Trinajstić information content (AvgIpc) is 3.23. The Hall–Kier alpha value is -4.36. The molecule has 6 nitrogen and oxygen atoms in total. The quantitative estimate of drug-likeness (QED) is 0.201. The van der Waals surface area contributed by atoms with Crippen LogP contribution in [0.25, 0.3) is 16.8 Å². The number of nitrogens with one attached hydrogen (secondary N) is 1. The van der Waals surface area contributed by atoms with Gasteiger partial charge in [0.1, 0.15) is 0 Å². The standard InChI is InChI=1S/C29H22N2O4S/c1-18-10-13-21(14-11-18)30-29-31-27(32)26(36-29)17-19-12-15-24(25(16-19)34-2)35-28(33)23-9-5-7-20-6-3-4-8-22(20)23/h3-17H,1-2H3,(H,30,31,32)/b26-17-. The molecule has 4 aromatic carbocycles. The zero-order valence-corrected chi connectivity index (χ0v) is 20.5. The van der Waals surface area contributed by atoms with Crippen molar-refractivity contribution < 1.29 is 19.1 Å². The lowest BCUT2D eigenvalue weighted by atomic mass is 10.0. The molecule has 0 unspecified atom stereocenters. The number of nitrogens with zero attached hydrogens (tertiary/aromatic N) is 1. The number of aliphatic imine (C=N–C) groups is 1. The minimum atomic E-state index is -0.473. The Morgan fingerprint density at radius 2 is 1.72 bits per heavy atom. The number of methoxy groups -OCH3 is 1. The van der Waals surface area contributed by atoms with Crippen LogP contribution in [0.5, 0.6) is 11.5 Å². The Kier molecular flexibility index (Phi) is 6.56. The van der Waals surface area contributed by atoms with Gasteiger partial charge in [0.05, 0.1) is 23.3 Å². The third-order valence-electron chi connectivity index (χ3n) is 5.61. The second-order valence-corrected chi connectivity index (χ2v) is 9.17. The van der Waals surface area contributed by atoms with Gasteiger partial charge in [-0.2, -0.15) is 0 Å². The van der Waals surface area contributed by atoms with E-state index in [4.69, 9.17) is 9.47 Å². The second-order valence-electron chi connectivity index (χ2n) is 8.14. The molecule has 1 fully saturated rings. The normalized spacial score (nSPS) is 15.3. The monoisotopic (exact) mass is 494 g/mol. The molecule has 1 N–H and O–H groups in total. The number of esters is 1. The van der Waals surface area contributed by atoms with Gasteiger partial charge in [-0.15, -0.1) is 0 Å². The van der Waals surface area contributed by atoms with Gasteiger partial charge < -0.3 is 14.8 Å². The van der Waals surface area contributed by atoms with Crippen molar-refractivity contribution in [1.82, 2.24) is 5.32 Å². The summed E-state index contributed by atoms with van der Waals surface area (Å²) in [5.41, 5.74) is 3.11. The summed E-state index contributed by atoms with van der Waals surface area (Å²) >= 11 is 1.26. The van der Waals surface area contributed by atoms with Gasteiger partial charge in [-0.05, 0) is 71.4 Å². The summed E-state index contributed by atoms with van der Waals surface area (Å²) in [7, 11) is 1.50. The molecule has 5 rings (SSSR count). The van der Waals surface area contributed by atoms with E-state index < -0.39 is 5.97 Å². The highest BCUT2D eigenvalue weighted by molar-refractivity contribution is 8.18. The highest BCUT2D eigenvalue weighted by Gasteiger charge is 2.24. The molecule has 0 bridgehead atoms. The molecule has 7 heteroatoms. The fourth-order valence-corrected chi connectivity index (χ4v) is 4.63. The fraction of sp³-hybridized carbons (Fsp3) is 0.0690. The fourth-order valence-electron chi connectivity index (χ4n) is 3.78. The number of carbonyl (C=O) groups is 2. The first-order valence-corrected chi connectivity index (χ1v) is 12.1. The van der Waals surface area contributed by atoms with Crippen LogP contribution < -0.4 is 14.8 Å². The summed E-state index contributed by atoms with van der Waals surface area (Å²) in [5, 5.41) is 5.08. The molecule has 1 aliphatic rings. The van der Waals surface area contributed by atoms with Crippen molar-refractivity contribution in [1.29, 1.82) is 0 Å². The number of hydrogen-bond acceptors (Lipinski definition) is 6. The van der Waals surface area contributed by atoms with Crippen LogP contribution in [-0.4, -0.2) is 24.2 Å². The SMILES string of the molecule is COc1cc(/C=C2\SC(=Nc3ccc(C)cc3)NC2=O)ccc1OC(=O)c1cccc2ccccc12. The number of fused-ring (bicyclic) bond motifs is 1. The minimum absolute atomic E-state index is 0.226. The van der Waals surface area contributed by atoms with E-state index in [-0.39, 0.29) is 5.91 Å². The van der Waals surface area contributed by atoms with Crippen molar-refractivity contribution >= 4 is 51.3 Å². The highest BCUT2D eigenvalue weighted by Crippen LogP contribution is 2.33. The van der Waals surface area contributed by atoms with E-state index >= 15 is 0 Å². The van der Waals surface area contributed by atoms with Crippen LogP contribution in [-0.2, 0) is 4.79 Å². The van der Waals surface area contributed by atoms with Gasteiger partial charge >= 0.3 is 5.97 Å². The molecule has 0 aromatic heterocycles. The van der Waals surface area contributed by atoms with Gasteiger partial charge in [0.2, 0.25) is 0 Å². The van der Waals surface area contributed by atoms with Crippen LogP contribution in [0.4, 0.5) is 5.69 Å². The predicted molar refractivity (Wildman–Crippen MR) is 144 cm³/mol. The molecule has 0 spiro atoms. The average molecular weight is 495 g/mol. The van der Waals surface area contributed by atoms with Crippen LogP contribution in [0, 0.1) is 6.92 Å². The molecule has 1 aliphatic heterocycles. The van der Waals surface area contributed by atoms with Crippen LogP contribution in [0.1, 0.15) is 21.5 Å². The molecule has 4 aromatic rings. The molecule has 1 heterocycles. The number of rotatable bonds is 5. The Morgan fingerprint density at radius 3 is 2.53 bits per heavy atom. The van der Waals surface area contributed by atoms with Crippen molar-refractivity contribution in [3.63, 3.8) is 0 Å². The van der Waals surface area contributed by atoms with E-state index in [1.165, 1.54) is 18.9 Å².